The minimum Gasteiger partial charge on any atom is -0.495 e. The second kappa shape index (κ2) is 7.64. The molecule has 2 aromatic rings. The van der Waals surface area contributed by atoms with Crippen LogP contribution >= 0.6 is 23.2 Å². The van der Waals surface area contributed by atoms with E-state index in [4.69, 9.17) is 27.9 Å². The lowest BCUT2D eigenvalue weighted by Gasteiger charge is -2.21. The summed E-state index contributed by atoms with van der Waals surface area (Å²) in [5.74, 6) is 0.747. The van der Waals surface area contributed by atoms with Gasteiger partial charge in [0, 0.05) is 6.20 Å². The highest BCUT2D eigenvalue weighted by Gasteiger charge is 2.19. The highest BCUT2D eigenvalue weighted by molar-refractivity contribution is 6.42. The molecule has 1 aromatic heterocycles. The molecule has 0 saturated carbocycles. The van der Waals surface area contributed by atoms with Gasteiger partial charge in [0.1, 0.15) is 11.4 Å². The van der Waals surface area contributed by atoms with E-state index in [1.807, 2.05) is 24.3 Å². The van der Waals surface area contributed by atoms with E-state index in [0.29, 0.717) is 10.0 Å². The first-order chi connectivity index (χ1) is 10.2. The minimum atomic E-state index is -0.0872. The fourth-order valence-corrected chi connectivity index (χ4v) is 2.45. The first-order valence-corrected chi connectivity index (χ1v) is 7.60. The van der Waals surface area contributed by atoms with Crippen molar-refractivity contribution in [3.05, 3.63) is 57.8 Å². The van der Waals surface area contributed by atoms with Gasteiger partial charge in [0.2, 0.25) is 0 Å². The first-order valence-electron chi connectivity index (χ1n) is 6.84. The summed E-state index contributed by atoms with van der Waals surface area (Å²) in [5, 5.41) is 4.56. The van der Waals surface area contributed by atoms with E-state index in [2.05, 4.69) is 17.2 Å². The summed E-state index contributed by atoms with van der Waals surface area (Å²) in [6.45, 7) is 2.99. The van der Waals surface area contributed by atoms with E-state index in [1.54, 1.807) is 19.4 Å². The monoisotopic (exact) mass is 324 g/mol. The van der Waals surface area contributed by atoms with Crippen LogP contribution in [-0.4, -0.2) is 18.6 Å². The van der Waals surface area contributed by atoms with E-state index in [1.165, 1.54) is 0 Å². The van der Waals surface area contributed by atoms with Gasteiger partial charge >= 0.3 is 0 Å². The van der Waals surface area contributed by atoms with Crippen LogP contribution in [0.15, 0.2) is 36.5 Å². The topological polar surface area (TPSA) is 34.2 Å². The number of ether oxygens (including phenoxy) is 1. The lowest BCUT2D eigenvalue weighted by Crippen LogP contribution is -2.24. The zero-order valence-corrected chi connectivity index (χ0v) is 13.6. The fourth-order valence-electron chi connectivity index (χ4n) is 2.15. The van der Waals surface area contributed by atoms with Crippen molar-refractivity contribution in [1.29, 1.82) is 0 Å². The second-order valence-corrected chi connectivity index (χ2v) is 5.47. The van der Waals surface area contributed by atoms with Gasteiger partial charge in [-0.1, -0.05) is 36.2 Å². The molecule has 1 unspecified atom stereocenters. The molecule has 0 amide bonds. The lowest BCUT2D eigenvalue weighted by molar-refractivity contribution is 0.400. The third kappa shape index (κ3) is 3.88. The summed E-state index contributed by atoms with van der Waals surface area (Å²) in [6.07, 6.45) is 2.78. The quantitative estimate of drug-likeness (QED) is 0.850. The molecule has 112 valence electrons. The first kappa shape index (κ1) is 16.1. The van der Waals surface area contributed by atoms with Gasteiger partial charge in [-0.15, -0.1) is 0 Å². The summed E-state index contributed by atoms with van der Waals surface area (Å²) in [5.41, 5.74) is 1.85. The minimum absolute atomic E-state index is 0.0872. The smallest absolute Gasteiger partial charge is 0.142 e. The molecule has 21 heavy (non-hydrogen) atoms. The van der Waals surface area contributed by atoms with Gasteiger partial charge in [-0.3, -0.25) is 4.98 Å². The number of rotatable bonds is 6. The molecule has 2 rings (SSSR count). The maximum atomic E-state index is 6.14. The number of benzene rings is 1. The van der Waals surface area contributed by atoms with E-state index in [-0.39, 0.29) is 6.04 Å². The van der Waals surface area contributed by atoms with E-state index in [9.17, 15) is 0 Å². The standard InChI is InChI=1S/C16H18Cl2N2O/c1-3-8-19-15(11-6-7-12(17)13(18)10-11)16-14(21-2)5-4-9-20-16/h4-7,9-10,15,19H,3,8H2,1-2H3. The molecule has 0 bridgehead atoms. The summed E-state index contributed by atoms with van der Waals surface area (Å²) in [4.78, 5) is 4.47. The zero-order valence-electron chi connectivity index (χ0n) is 12.1. The third-order valence-corrected chi connectivity index (χ3v) is 3.91. The molecular formula is C16H18Cl2N2O. The molecule has 1 atom stereocenters. The largest absolute Gasteiger partial charge is 0.495 e. The van der Waals surface area contributed by atoms with Crippen molar-refractivity contribution in [3.8, 4) is 5.75 Å². The van der Waals surface area contributed by atoms with Gasteiger partial charge in [-0.2, -0.15) is 0 Å². The van der Waals surface area contributed by atoms with E-state index < -0.39 is 0 Å². The van der Waals surface area contributed by atoms with Gasteiger partial charge < -0.3 is 10.1 Å². The summed E-state index contributed by atoms with van der Waals surface area (Å²) in [6, 6.07) is 9.29. The average molecular weight is 325 g/mol. The molecular weight excluding hydrogens is 307 g/mol. The van der Waals surface area contributed by atoms with Crippen LogP contribution in [0, 0.1) is 0 Å². The Balaban J connectivity index is 2.44. The Morgan fingerprint density at radius 3 is 2.71 bits per heavy atom. The predicted octanol–water partition coefficient (Wildman–Crippen LogP) is 4.49. The SMILES string of the molecule is CCCNC(c1ccc(Cl)c(Cl)c1)c1ncccc1OC. The number of nitrogens with zero attached hydrogens (tertiary/aromatic N) is 1. The van der Waals surface area contributed by atoms with Crippen LogP contribution in [-0.2, 0) is 0 Å². The zero-order chi connectivity index (χ0) is 15.2. The van der Waals surface area contributed by atoms with Crippen LogP contribution in [0.25, 0.3) is 0 Å². The second-order valence-electron chi connectivity index (χ2n) is 4.65. The van der Waals surface area contributed by atoms with Gasteiger partial charge in [0.05, 0.1) is 23.2 Å². The van der Waals surface area contributed by atoms with E-state index in [0.717, 1.165) is 30.0 Å². The number of halogens is 2. The van der Waals surface area contributed by atoms with E-state index >= 15 is 0 Å². The van der Waals surface area contributed by atoms with Crippen molar-refractivity contribution in [2.75, 3.05) is 13.7 Å². The Hall–Kier alpha value is -1.29. The van der Waals surface area contributed by atoms with Crippen molar-refractivity contribution >= 4 is 23.2 Å². The fraction of sp³-hybridized carbons (Fsp3) is 0.312. The molecule has 0 fully saturated rings. The molecule has 0 aliphatic rings. The Labute approximate surface area is 135 Å². The van der Waals surface area contributed by atoms with Crippen molar-refractivity contribution in [2.45, 2.75) is 19.4 Å². The van der Waals surface area contributed by atoms with Gasteiger partial charge in [0.15, 0.2) is 0 Å². The maximum absolute atomic E-state index is 6.14. The summed E-state index contributed by atoms with van der Waals surface area (Å²) < 4.78 is 5.42. The number of hydrogen-bond donors (Lipinski definition) is 1. The van der Waals surface area contributed by atoms with Crippen molar-refractivity contribution in [2.24, 2.45) is 0 Å². The Kier molecular flexibility index (Phi) is 5.85. The van der Waals surface area contributed by atoms with Gasteiger partial charge in [0.25, 0.3) is 0 Å². The lowest BCUT2D eigenvalue weighted by atomic mass is 10.0. The molecule has 0 saturated heterocycles. The van der Waals surface area contributed by atoms with Crippen molar-refractivity contribution < 1.29 is 4.74 Å². The highest BCUT2D eigenvalue weighted by Crippen LogP contribution is 2.31. The molecule has 1 N–H and O–H groups in total. The number of pyridine rings is 1. The Morgan fingerprint density at radius 2 is 2.05 bits per heavy atom. The number of hydrogen-bond acceptors (Lipinski definition) is 3. The average Bonchev–Trinajstić information content (AvgIpc) is 2.51. The molecule has 0 radical (unpaired) electrons. The Bertz CT molecular complexity index is 605. The molecule has 5 heteroatoms. The normalized spacial score (nSPS) is 12.2. The molecule has 3 nitrogen and oxygen atoms in total. The van der Waals surface area contributed by atoms with Crippen LogP contribution in [0.4, 0.5) is 0 Å². The molecule has 0 spiro atoms. The third-order valence-electron chi connectivity index (χ3n) is 3.17. The Morgan fingerprint density at radius 1 is 1.24 bits per heavy atom. The van der Waals surface area contributed by atoms with Crippen molar-refractivity contribution in [1.82, 2.24) is 10.3 Å². The summed E-state index contributed by atoms with van der Waals surface area (Å²) in [7, 11) is 1.65. The number of aromatic nitrogens is 1. The van der Waals surface area contributed by atoms with Crippen LogP contribution < -0.4 is 10.1 Å². The summed E-state index contributed by atoms with van der Waals surface area (Å²) >= 11 is 12.1. The maximum Gasteiger partial charge on any atom is 0.142 e. The van der Waals surface area contributed by atoms with Gasteiger partial charge in [-0.25, -0.2) is 0 Å². The van der Waals surface area contributed by atoms with Crippen LogP contribution in [0.5, 0.6) is 5.75 Å². The molecule has 1 aromatic carbocycles. The van der Waals surface area contributed by atoms with Crippen LogP contribution in [0.3, 0.4) is 0 Å². The van der Waals surface area contributed by atoms with Crippen molar-refractivity contribution in [3.63, 3.8) is 0 Å². The predicted molar refractivity (Wildman–Crippen MR) is 87.4 cm³/mol. The van der Waals surface area contributed by atoms with Crippen LogP contribution in [0.1, 0.15) is 30.6 Å². The molecule has 1 heterocycles. The van der Waals surface area contributed by atoms with Gasteiger partial charge in [-0.05, 0) is 42.8 Å². The van der Waals surface area contributed by atoms with Crippen LogP contribution in [0.2, 0.25) is 10.0 Å². The molecule has 0 aliphatic heterocycles. The highest BCUT2D eigenvalue weighted by atomic mass is 35.5. The number of methoxy groups -OCH3 is 1. The molecule has 0 aliphatic carbocycles. The number of nitrogens with one attached hydrogen (secondary N) is 1.